The monoisotopic (exact) mass is 217 g/mol. The molecule has 3 N–H and O–H groups in total. The Morgan fingerprint density at radius 2 is 2.29 bits per heavy atom. The van der Waals surface area contributed by atoms with Crippen molar-refractivity contribution < 1.29 is 14.0 Å². The van der Waals surface area contributed by atoms with Crippen LogP contribution in [0.4, 0.5) is 4.39 Å². The molecule has 0 saturated heterocycles. The summed E-state index contributed by atoms with van der Waals surface area (Å²) in [5.74, 6) is -1.42. The maximum Gasteiger partial charge on any atom is 0.274 e. The van der Waals surface area contributed by atoms with Crippen molar-refractivity contribution in [2.45, 2.75) is 6.92 Å². The Kier molecular flexibility index (Phi) is 3.13. The second-order valence-electron chi connectivity index (χ2n) is 2.50. The summed E-state index contributed by atoms with van der Waals surface area (Å²) in [6, 6.07) is 0. The fourth-order valence-corrected chi connectivity index (χ4v) is 1.42. The molecule has 0 aromatic carbocycles. The highest BCUT2D eigenvalue weighted by atomic mass is 32.1. The molecule has 0 fully saturated rings. The predicted octanol–water partition coefficient (Wildman–Crippen LogP) is -0.194. The number of aryl methyl sites for hydroxylation is 1. The van der Waals surface area contributed by atoms with E-state index in [0.29, 0.717) is 5.01 Å². The zero-order valence-corrected chi connectivity index (χ0v) is 8.15. The summed E-state index contributed by atoms with van der Waals surface area (Å²) < 4.78 is 13.0. The number of halogens is 1. The lowest BCUT2D eigenvalue weighted by molar-refractivity contribution is -0.117. The molecular formula is C7H8FN3O2S. The molecule has 14 heavy (non-hydrogen) atoms. The number of carbonyl (C=O) groups excluding carboxylic acids is 2. The first kappa shape index (κ1) is 10.6. The zero-order valence-electron chi connectivity index (χ0n) is 7.33. The minimum absolute atomic E-state index is 0.297. The van der Waals surface area contributed by atoms with E-state index in [1.165, 1.54) is 0 Å². The largest absolute Gasteiger partial charge is 0.368 e. The van der Waals surface area contributed by atoms with E-state index in [1.54, 1.807) is 6.92 Å². The number of nitrogens with one attached hydrogen (secondary N) is 1. The first-order valence-corrected chi connectivity index (χ1v) is 4.51. The predicted molar refractivity (Wildman–Crippen MR) is 48.3 cm³/mol. The van der Waals surface area contributed by atoms with Crippen LogP contribution in [0.5, 0.6) is 0 Å². The Bertz CT molecular complexity index is 377. The maximum absolute atomic E-state index is 13.0. The summed E-state index contributed by atoms with van der Waals surface area (Å²) >= 11 is 0.777. The first-order chi connectivity index (χ1) is 6.50. The van der Waals surface area contributed by atoms with Gasteiger partial charge in [0.15, 0.2) is 5.69 Å². The summed E-state index contributed by atoms with van der Waals surface area (Å²) in [7, 11) is 0. The number of hydrogen-bond acceptors (Lipinski definition) is 4. The topological polar surface area (TPSA) is 85.1 Å². The number of nitrogens with zero attached hydrogens (tertiary/aromatic N) is 1. The van der Waals surface area contributed by atoms with Crippen LogP contribution in [0.2, 0.25) is 0 Å². The second kappa shape index (κ2) is 4.14. The number of rotatable bonds is 3. The maximum atomic E-state index is 13.0. The number of amides is 2. The molecular weight excluding hydrogens is 209 g/mol. The molecule has 0 bridgehead atoms. The van der Waals surface area contributed by atoms with Crippen molar-refractivity contribution in [3.8, 4) is 0 Å². The van der Waals surface area contributed by atoms with Crippen LogP contribution in [0.25, 0.3) is 0 Å². The Morgan fingerprint density at radius 1 is 1.64 bits per heavy atom. The Labute approximate surface area is 83.1 Å². The highest BCUT2D eigenvalue weighted by molar-refractivity contribution is 7.10. The smallest absolute Gasteiger partial charge is 0.274 e. The summed E-state index contributed by atoms with van der Waals surface area (Å²) in [4.78, 5) is 25.2. The van der Waals surface area contributed by atoms with Crippen LogP contribution in [0.1, 0.15) is 15.5 Å². The van der Waals surface area contributed by atoms with Gasteiger partial charge in [0.05, 0.1) is 11.6 Å². The van der Waals surface area contributed by atoms with Crippen molar-refractivity contribution in [2.24, 2.45) is 5.73 Å². The Balaban J connectivity index is 2.69. The van der Waals surface area contributed by atoms with Crippen LogP contribution in [0, 0.1) is 12.1 Å². The standard InChI is InChI=1S/C7H8FN3O2S/c1-3-11-5(6(8)14-3)7(13)10-2-4(9)12/h2H2,1H3,(H2,9,12)(H,10,13). The zero-order chi connectivity index (χ0) is 10.7. The molecule has 76 valence electrons. The second-order valence-corrected chi connectivity index (χ2v) is 3.66. The van der Waals surface area contributed by atoms with Gasteiger partial charge in [0.2, 0.25) is 11.0 Å². The summed E-state index contributed by atoms with van der Waals surface area (Å²) in [5.41, 5.74) is 4.50. The van der Waals surface area contributed by atoms with Gasteiger partial charge in [-0.3, -0.25) is 9.59 Å². The van der Waals surface area contributed by atoms with Gasteiger partial charge in [0, 0.05) is 0 Å². The van der Waals surface area contributed by atoms with E-state index in [9.17, 15) is 14.0 Å². The van der Waals surface area contributed by atoms with Crippen molar-refractivity contribution in [3.63, 3.8) is 0 Å². The van der Waals surface area contributed by atoms with E-state index in [-0.39, 0.29) is 12.2 Å². The van der Waals surface area contributed by atoms with Gasteiger partial charge >= 0.3 is 0 Å². The van der Waals surface area contributed by atoms with Gasteiger partial charge in [0.25, 0.3) is 5.91 Å². The van der Waals surface area contributed by atoms with Crippen molar-refractivity contribution in [3.05, 3.63) is 15.8 Å². The molecule has 1 rings (SSSR count). The van der Waals surface area contributed by atoms with Crippen LogP contribution in [-0.4, -0.2) is 23.3 Å². The van der Waals surface area contributed by atoms with Gasteiger partial charge < -0.3 is 11.1 Å². The van der Waals surface area contributed by atoms with E-state index in [4.69, 9.17) is 5.73 Å². The molecule has 0 saturated carbocycles. The van der Waals surface area contributed by atoms with Crippen molar-refractivity contribution in [1.82, 2.24) is 10.3 Å². The van der Waals surface area contributed by atoms with E-state index < -0.39 is 16.9 Å². The fourth-order valence-electron chi connectivity index (χ4n) is 0.793. The summed E-state index contributed by atoms with van der Waals surface area (Å²) in [6.07, 6.45) is 0. The van der Waals surface area contributed by atoms with E-state index >= 15 is 0 Å². The average Bonchev–Trinajstić information content (AvgIpc) is 2.41. The van der Waals surface area contributed by atoms with Gasteiger partial charge in [-0.05, 0) is 6.92 Å². The van der Waals surface area contributed by atoms with Gasteiger partial charge in [-0.2, -0.15) is 4.39 Å². The van der Waals surface area contributed by atoms with E-state index in [1.807, 2.05) is 0 Å². The average molecular weight is 217 g/mol. The van der Waals surface area contributed by atoms with E-state index in [2.05, 4.69) is 10.3 Å². The molecule has 0 spiro atoms. The molecule has 0 atom stereocenters. The normalized spacial score (nSPS) is 9.86. The van der Waals surface area contributed by atoms with Crippen LogP contribution in [0.3, 0.4) is 0 Å². The third kappa shape index (κ3) is 2.49. The number of carbonyl (C=O) groups is 2. The summed E-state index contributed by atoms with van der Waals surface area (Å²) in [5, 5.41) is 1.93. The number of nitrogens with two attached hydrogens (primary N) is 1. The minimum Gasteiger partial charge on any atom is -0.368 e. The third-order valence-electron chi connectivity index (χ3n) is 1.33. The van der Waals surface area contributed by atoms with Crippen molar-refractivity contribution in [1.29, 1.82) is 0 Å². The van der Waals surface area contributed by atoms with Crippen LogP contribution >= 0.6 is 11.3 Å². The molecule has 2 amide bonds. The van der Waals surface area contributed by atoms with E-state index in [0.717, 1.165) is 11.3 Å². The summed E-state index contributed by atoms with van der Waals surface area (Å²) in [6.45, 7) is 1.26. The lowest BCUT2D eigenvalue weighted by Gasteiger charge is -1.98. The number of hydrogen-bond donors (Lipinski definition) is 2. The van der Waals surface area contributed by atoms with Gasteiger partial charge in [-0.1, -0.05) is 11.3 Å². The molecule has 0 unspecified atom stereocenters. The van der Waals surface area contributed by atoms with Crippen molar-refractivity contribution in [2.75, 3.05) is 6.54 Å². The van der Waals surface area contributed by atoms with Crippen LogP contribution in [-0.2, 0) is 4.79 Å². The molecule has 0 aliphatic carbocycles. The van der Waals surface area contributed by atoms with Gasteiger partial charge in [0.1, 0.15) is 0 Å². The molecule has 1 aromatic heterocycles. The van der Waals surface area contributed by atoms with Crippen LogP contribution < -0.4 is 11.1 Å². The highest BCUT2D eigenvalue weighted by Crippen LogP contribution is 2.14. The molecule has 0 radical (unpaired) electrons. The number of primary amides is 1. The molecule has 7 heteroatoms. The molecule has 1 aromatic rings. The molecule has 1 heterocycles. The van der Waals surface area contributed by atoms with Crippen LogP contribution in [0.15, 0.2) is 0 Å². The lowest BCUT2D eigenvalue weighted by atomic mass is 10.4. The number of aromatic nitrogens is 1. The van der Waals surface area contributed by atoms with Crippen molar-refractivity contribution >= 4 is 23.2 Å². The quantitative estimate of drug-likeness (QED) is 0.735. The van der Waals surface area contributed by atoms with Gasteiger partial charge in [-0.25, -0.2) is 4.98 Å². The Hall–Kier alpha value is -1.50. The lowest BCUT2D eigenvalue weighted by Crippen LogP contribution is -2.33. The minimum atomic E-state index is -0.731. The molecule has 0 aliphatic heterocycles. The number of thiazole rings is 1. The molecule has 0 aliphatic rings. The molecule has 5 nitrogen and oxygen atoms in total. The first-order valence-electron chi connectivity index (χ1n) is 3.70. The Morgan fingerprint density at radius 3 is 2.71 bits per heavy atom. The third-order valence-corrected chi connectivity index (χ3v) is 2.09. The van der Waals surface area contributed by atoms with Gasteiger partial charge in [-0.15, -0.1) is 0 Å². The SMILES string of the molecule is Cc1nc(C(=O)NCC(N)=O)c(F)s1. The highest BCUT2D eigenvalue weighted by Gasteiger charge is 2.16. The fraction of sp³-hybridized carbons (Fsp3) is 0.286.